The first-order valence-electron chi connectivity index (χ1n) is 6.29. The fourth-order valence-corrected chi connectivity index (χ4v) is 3.65. The highest BCUT2D eigenvalue weighted by molar-refractivity contribution is 7.89. The Balaban J connectivity index is 1.91. The lowest BCUT2D eigenvalue weighted by atomic mass is 10.2. The van der Waals surface area contributed by atoms with Gasteiger partial charge in [0.2, 0.25) is 15.9 Å². The lowest BCUT2D eigenvalue weighted by Gasteiger charge is -2.11. The molecule has 1 aromatic carbocycles. The third-order valence-electron chi connectivity index (χ3n) is 3.24. The second-order valence-corrected chi connectivity index (χ2v) is 6.92. The van der Waals surface area contributed by atoms with Crippen molar-refractivity contribution in [1.29, 1.82) is 0 Å². The molecule has 110 valence electrons. The van der Waals surface area contributed by atoms with Crippen molar-refractivity contribution in [2.45, 2.75) is 17.4 Å². The van der Waals surface area contributed by atoms with E-state index < -0.39 is 16.1 Å². The van der Waals surface area contributed by atoms with E-state index >= 15 is 0 Å². The average Bonchev–Trinajstić information content (AvgIpc) is 2.82. The minimum Gasteiger partial charge on any atom is -0.354 e. The van der Waals surface area contributed by atoms with Gasteiger partial charge >= 0.3 is 0 Å². The van der Waals surface area contributed by atoms with Gasteiger partial charge in [-0.15, -0.1) is 0 Å². The normalized spacial score (nSPS) is 18.9. The summed E-state index contributed by atoms with van der Waals surface area (Å²) in [4.78, 5) is 15.4. The molecule has 2 aromatic rings. The molecular formula is C13H12ClN3O3S. The average molecular weight is 326 g/mol. The van der Waals surface area contributed by atoms with Gasteiger partial charge in [-0.25, -0.2) is 18.1 Å². The SMILES string of the molecule is O=C1CC(NS(=O)(=O)c2ccc3nc(Cl)ccc3c2)CN1. The second-order valence-electron chi connectivity index (χ2n) is 4.81. The summed E-state index contributed by atoms with van der Waals surface area (Å²) in [6, 6.07) is 7.51. The van der Waals surface area contributed by atoms with Crippen LogP contribution in [0, 0.1) is 0 Å². The van der Waals surface area contributed by atoms with E-state index in [2.05, 4.69) is 15.0 Å². The van der Waals surface area contributed by atoms with Crippen molar-refractivity contribution in [3.8, 4) is 0 Å². The minimum atomic E-state index is -3.67. The number of pyridine rings is 1. The number of rotatable bonds is 3. The number of sulfonamides is 1. The zero-order valence-electron chi connectivity index (χ0n) is 10.8. The number of fused-ring (bicyclic) bond motifs is 1. The third kappa shape index (κ3) is 2.99. The summed E-state index contributed by atoms with van der Waals surface area (Å²) >= 11 is 5.79. The maximum Gasteiger partial charge on any atom is 0.240 e. The van der Waals surface area contributed by atoms with Gasteiger partial charge in [0.15, 0.2) is 0 Å². The van der Waals surface area contributed by atoms with Crippen molar-refractivity contribution in [3.05, 3.63) is 35.5 Å². The summed E-state index contributed by atoms with van der Waals surface area (Å²) in [5.74, 6) is -0.153. The molecule has 0 radical (unpaired) electrons. The molecule has 1 atom stereocenters. The van der Waals surface area contributed by atoms with Crippen LogP contribution >= 0.6 is 11.6 Å². The van der Waals surface area contributed by atoms with Crippen LogP contribution in [0.5, 0.6) is 0 Å². The maximum absolute atomic E-state index is 12.3. The Labute approximate surface area is 126 Å². The van der Waals surface area contributed by atoms with Crippen molar-refractivity contribution in [1.82, 2.24) is 15.0 Å². The Morgan fingerprint density at radius 1 is 1.29 bits per heavy atom. The predicted molar refractivity (Wildman–Crippen MR) is 78.5 cm³/mol. The van der Waals surface area contributed by atoms with Crippen LogP contribution in [-0.4, -0.2) is 31.9 Å². The number of carbonyl (C=O) groups is 1. The van der Waals surface area contributed by atoms with Crippen LogP contribution in [0.3, 0.4) is 0 Å². The van der Waals surface area contributed by atoms with E-state index in [9.17, 15) is 13.2 Å². The lowest BCUT2D eigenvalue weighted by molar-refractivity contribution is -0.119. The quantitative estimate of drug-likeness (QED) is 0.826. The zero-order chi connectivity index (χ0) is 15.0. The van der Waals surface area contributed by atoms with Crippen LogP contribution in [0.15, 0.2) is 35.2 Å². The highest BCUT2D eigenvalue weighted by Crippen LogP contribution is 2.20. The fraction of sp³-hybridized carbons (Fsp3) is 0.231. The van der Waals surface area contributed by atoms with Gasteiger partial charge in [0.1, 0.15) is 5.15 Å². The Morgan fingerprint density at radius 3 is 2.81 bits per heavy atom. The van der Waals surface area contributed by atoms with Gasteiger partial charge in [-0.1, -0.05) is 11.6 Å². The standard InChI is InChI=1S/C13H12ClN3O3S/c14-12-4-1-8-5-10(2-3-11(8)16-12)21(19,20)17-9-6-13(18)15-7-9/h1-5,9,17H,6-7H2,(H,15,18). The monoisotopic (exact) mass is 325 g/mol. The molecule has 2 heterocycles. The molecule has 1 aromatic heterocycles. The molecule has 1 saturated heterocycles. The Hall–Kier alpha value is -1.70. The van der Waals surface area contributed by atoms with Gasteiger partial charge in [0, 0.05) is 24.4 Å². The molecule has 3 rings (SSSR count). The van der Waals surface area contributed by atoms with Gasteiger partial charge < -0.3 is 5.32 Å². The van der Waals surface area contributed by atoms with Gasteiger partial charge in [0.05, 0.1) is 10.4 Å². The molecule has 6 nitrogen and oxygen atoms in total. The van der Waals surface area contributed by atoms with Gasteiger partial charge in [0.25, 0.3) is 0 Å². The smallest absolute Gasteiger partial charge is 0.240 e. The molecule has 1 aliphatic rings. The van der Waals surface area contributed by atoms with E-state index in [0.29, 0.717) is 22.6 Å². The van der Waals surface area contributed by atoms with Crippen molar-refractivity contribution in [3.63, 3.8) is 0 Å². The number of hydrogen-bond acceptors (Lipinski definition) is 4. The molecule has 2 N–H and O–H groups in total. The van der Waals surface area contributed by atoms with Crippen molar-refractivity contribution in [2.75, 3.05) is 6.54 Å². The van der Waals surface area contributed by atoms with E-state index in [1.807, 2.05) is 0 Å². The molecule has 1 fully saturated rings. The molecule has 21 heavy (non-hydrogen) atoms. The highest BCUT2D eigenvalue weighted by Gasteiger charge is 2.26. The van der Waals surface area contributed by atoms with Crippen molar-refractivity contribution >= 4 is 38.4 Å². The van der Waals surface area contributed by atoms with Gasteiger partial charge in [-0.3, -0.25) is 4.79 Å². The van der Waals surface area contributed by atoms with E-state index in [1.165, 1.54) is 12.1 Å². The zero-order valence-corrected chi connectivity index (χ0v) is 12.4. The van der Waals surface area contributed by atoms with Crippen LogP contribution in [0.25, 0.3) is 10.9 Å². The van der Waals surface area contributed by atoms with E-state index in [4.69, 9.17) is 11.6 Å². The number of hydrogen-bond donors (Lipinski definition) is 2. The maximum atomic E-state index is 12.3. The first-order chi connectivity index (χ1) is 9.94. The number of halogens is 1. The molecule has 0 saturated carbocycles. The van der Waals surface area contributed by atoms with E-state index in [1.54, 1.807) is 18.2 Å². The van der Waals surface area contributed by atoms with Gasteiger partial charge in [-0.05, 0) is 30.3 Å². The van der Waals surface area contributed by atoms with Crippen LogP contribution in [0.4, 0.5) is 0 Å². The fourth-order valence-electron chi connectivity index (χ4n) is 2.22. The summed E-state index contributed by atoms with van der Waals surface area (Å²) < 4.78 is 27.1. The van der Waals surface area contributed by atoms with Gasteiger partial charge in [-0.2, -0.15) is 0 Å². The number of carbonyl (C=O) groups excluding carboxylic acids is 1. The van der Waals surface area contributed by atoms with Crippen molar-refractivity contribution < 1.29 is 13.2 Å². The van der Waals surface area contributed by atoms with Crippen LogP contribution in [0.1, 0.15) is 6.42 Å². The Kier molecular flexibility index (Phi) is 3.56. The largest absolute Gasteiger partial charge is 0.354 e. The summed E-state index contributed by atoms with van der Waals surface area (Å²) in [5, 5.41) is 3.63. The predicted octanol–water partition coefficient (Wildman–Crippen LogP) is 1.05. The first kappa shape index (κ1) is 14.2. The number of benzene rings is 1. The minimum absolute atomic E-state index is 0.137. The first-order valence-corrected chi connectivity index (χ1v) is 8.15. The molecule has 8 heteroatoms. The molecular weight excluding hydrogens is 314 g/mol. The third-order valence-corrected chi connectivity index (χ3v) is 4.96. The number of nitrogens with zero attached hydrogens (tertiary/aromatic N) is 1. The Morgan fingerprint density at radius 2 is 2.10 bits per heavy atom. The van der Waals surface area contributed by atoms with E-state index in [-0.39, 0.29) is 17.2 Å². The molecule has 0 aliphatic carbocycles. The van der Waals surface area contributed by atoms with E-state index in [0.717, 1.165) is 0 Å². The molecule has 1 unspecified atom stereocenters. The number of aromatic nitrogens is 1. The highest BCUT2D eigenvalue weighted by atomic mass is 35.5. The second kappa shape index (κ2) is 5.25. The van der Waals surface area contributed by atoms with Crippen LogP contribution < -0.4 is 10.0 Å². The molecule has 1 aliphatic heterocycles. The summed E-state index contributed by atoms with van der Waals surface area (Å²) in [5.41, 5.74) is 0.624. The van der Waals surface area contributed by atoms with Crippen molar-refractivity contribution in [2.24, 2.45) is 0 Å². The lowest BCUT2D eigenvalue weighted by Crippen LogP contribution is -2.36. The van der Waals surface area contributed by atoms with Crippen LogP contribution in [0.2, 0.25) is 5.15 Å². The topological polar surface area (TPSA) is 88.2 Å². The van der Waals surface area contributed by atoms with Crippen LogP contribution in [-0.2, 0) is 14.8 Å². The molecule has 0 spiro atoms. The number of nitrogens with one attached hydrogen (secondary N) is 2. The molecule has 0 bridgehead atoms. The summed E-state index contributed by atoms with van der Waals surface area (Å²) in [7, 11) is -3.67. The summed E-state index contributed by atoms with van der Waals surface area (Å²) in [6.07, 6.45) is 0.157. The summed E-state index contributed by atoms with van der Waals surface area (Å²) in [6.45, 7) is 0.308. The Bertz CT molecular complexity index is 823. The molecule has 1 amide bonds. The number of amides is 1.